The SMILES string of the molecule is CCCNCCc1ccco1. The van der Waals surface area contributed by atoms with Crippen LogP contribution in [0.25, 0.3) is 0 Å². The summed E-state index contributed by atoms with van der Waals surface area (Å²) in [5.41, 5.74) is 0. The van der Waals surface area contributed by atoms with Crippen LogP contribution in [0.3, 0.4) is 0 Å². The van der Waals surface area contributed by atoms with Crippen molar-refractivity contribution in [3.8, 4) is 0 Å². The molecule has 2 nitrogen and oxygen atoms in total. The summed E-state index contributed by atoms with van der Waals surface area (Å²) in [6.07, 6.45) is 3.90. The minimum atomic E-state index is 0.993. The molecule has 0 saturated carbocycles. The Balaban J connectivity index is 2.04. The lowest BCUT2D eigenvalue weighted by Crippen LogP contribution is -2.17. The number of nitrogens with one attached hydrogen (secondary N) is 1. The number of hydrogen-bond acceptors (Lipinski definition) is 2. The highest BCUT2D eigenvalue weighted by Gasteiger charge is 1.92. The molecule has 1 heterocycles. The Labute approximate surface area is 67.6 Å². The molecule has 0 aromatic carbocycles. The minimum absolute atomic E-state index is 0.993. The van der Waals surface area contributed by atoms with Gasteiger partial charge in [-0.3, -0.25) is 0 Å². The summed E-state index contributed by atoms with van der Waals surface area (Å²) < 4.78 is 5.17. The fraction of sp³-hybridized carbons (Fsp3) is 0.556. The summed E-state index contributed by atoms with van der Waals surface area (Å²) >= 11 is 0. The molecule has 0 aliphatic heterocycles. The molecule has 0 aliphatic rings. The van der Waals surface area contributed by atoms with Crippen LogP contribution in [0.4, 0.5) is 0 Å². The summed E-state index contributed by atoms with van der Waals surface area (Å²) in [7, 11) is 0. The molecule has 0 spiro atoms. The number of rotatable bonds is 5. The van der Waals surface area contributed by atoms with Crippen molar-refractivity contribution < 1.29 is 4.42 Å². The lowest BCUT2D eigenvalue weighted by molar-refractivity contribution is 0.499. The van der Waals surface area contributed by atoms with E-state index in [1.807, 2.05) is 12.1 Å². The van der Waals surface area contributed by atoms with Crippen LogP contribution in [0.2, 0.25) is 0 Å². The lowest BCUT2D eigenvalue weighted by Gasteiger charge is -1.99. The molecule has 0 unspecified atom stereocenters. The van der Waals surface area contributed by atoms with Gasteiger partial charge in [-0.1, -0.05) is 6.92 Å². The zero-order valence-corrected chi connectivity index (χ0v) is 6.97. The maximum absolute atomic E-state index is 5.17. The Morgan fingerprint density at radius 3 is 3.00 bits per heavy atom. The average Bonchev–Trinajstić information content (AvgIpc) is 2.50. The van der Waals surface area contributed by atoms with Crippen molar-refractivity contribution in [3.63, 3.8) is 0 Å². The van der Waals surface area contributed by atoms with Crippen LogP contribution in [-0.4, -0.2) is 13.1 Å². The van der Waals surface area contributed by atoms with E-state index in [9.17, 15) is 0 Å². The van der Waals surface area contributed by atoms with Crippen LogP contribution in [0, 0.1) is 0 Å². The predicted molar refractivity (Wildman–Crippen MR) is 45.6 cm³/mol. The van der Waals surface area contributed by atoms with Gasteiger partial charge in [0.1, 0.15) is 5.76 Å². The third kappa shape index (κ3) is 3.23. The lowest BCUT2D eigenvalue weighted by atomic mass is 10.3. The molecule has 0 atom stereocenters. The van der Waals surface area contributed by atoms with E-state index in [0.717, 1.165) is 25.3 Å². The van der Waals surface area contributed by atoms with E-state index < -0.39 is 0 Å². The van der Waals surface area contributed by atoms with Crippen LogP contribution >= 0.6 is 0 Å². The van der Waals surface area contributed by atoms with Crippen LogP contribution in [0.15, 0.2) is 22.8 Å². The highest BCUT2D eigenvalue weighted by atomic mass is 16.3. The first-order valence-electron chi connectivity index (χ1n) is 4.16. The fourth-order valence-corrected chi connectivity index (χ4v) is 0.968. The van der Waals surface area contributed by atoms with Gasteiger partial charge < -0.3 is 9.73 Å². The molecule has 0 aliphatic carbocycles. The molecule has 0 fully saturated rings. The molecule has 0 bridgehead atoms. The Morgan fingerprint density at radius 2 is 2.36 bits per heavy atom. The molecule has 1 aromatic rings. The average molecular weight is 153 g/mol. The first-order valence-corrected chi connectivity index (χ1v) is 4.16. The second-order valence-corrected chi connectivity index (χ2v) is 2.58. The van der Waals surface area contributed by atoms with Crippen molar-refractivity contribution >= 4 is 0 Å². The minimum Gasteiger partial charge on any atom is -0.469 e. The highest BCUT2D eigenvalue weighted by molar-refractivity contribution is 4.98. The summed E-state index contributed by atoms with van der Waals surface area (Å²) in [5.74, 6) is 1.06. The largest absolute Gasteiger partial charge is 0.469 e. The van der Waals surface area contributed by atoms with Crippen molar-refractivity contribution in [2.24, 2.45) is 0 Å². The van der Waals surface area contributed by atoms with Gasteiger partial charge in [-0.25, -0.2) is 0 Å². The molecular weight excluding hydrogens is 138 g/mol. The molecule has 11 heavy (non-hydrogen) atoms. The van der Waals surface area contributed by atoms with Gasteiger partial charge in [0.25, 0.3) is 0 Å². The smallest absolute Gasteiger partial charge is 0.105 e. The molecule has 0 radical (unpaired) electrons. The first-order chi connectivity index (χ1) is 5.43. The van der Waals surface area contributed by atoms with Crippen LogP contribution < -0.4 is 5.32 Å². The maximum Gasteiger partial charge on any atom is 0.105 e. The third-order valence-corrected chi connectivity index (χ3v) is 1.56. The van der Waals surface area contributed by atoms with Crippen LogP contribution in [0.1, 0.15) is 19.1 Å². The molecule has 0 saturated heterocycles. The monoisotopic (exact) mass is 153 g/mol. The van der Waals surface area contributed by atoms with Gasteiger partial charge in [0.05, 0.1) is 6.26 Å². The van der Waals surface area contributed by atoms with Crippen molar-refractivity contribution in [1.29, 1.82) is 0 Å². The number of furan rings is 1. The van der Waals surface area contributed by atoms with Gasteiger partial charge in [0.15, 0.2) is 0 Å². The second kappa shape index (κ2) is 4.97. The predicted octanol–water partition coefficient (Wildman–Crippen LogP) is 1.82. The van der Waals surface area contributed by atoms with Gasteiger partial charge in [-0.05, 0) is 25.1 Å². The third-order valence-electron chi connectivity index (χ3n) is 1.56. The molecule has 62 valence electrons. The molecular formula is C9H15NO. The summed E-state index contributed by atoms with van der Waals surface area (Å²) in [6, 6.07) is 3.93. The molecule has 1 N–H and O–H groups in total. The van der Waals surface area contributed by atoms with E-state index in [1.54, 1.807) is 6.26 Å². The van der Waals surface area contributed by atoms with E-state index in [-0.39, 0.29) is 0 Å². The molecule has 1 aromatic heterocycles. The van der Waals surface area contributed by atoms with E-state index in [4.69, 9.17) is 4.42 Å². The van der Waals surface area contributed by atoms with Crippen molar-refractivity contribution in [3.05, 3.63) is 24.2 Å². The van der Waals surface area contributed by atoms with Crippen molar-refractivity contribution in [1.82, 2.24) is 5.32 Å². The summed E-state index contributed by atoms with van der Waals surface area (Å²) in [6.45, 7) is 4.28. The maximum atomic E-state index is 5.17. The van der Waals surface area contributed by atoms with Crippen LogP contribution in [-0.2, 0) is 6.42 Å². The van der Waals surface area contributed by atoms with Gasteiger partial charge in [0.2, 0.25) is 0 Å². The van der Waals surface area contributed by atoms with Gasteiger partial charge in [-0.15, -0.1) is 0 Å². The Hall–Kier alpha value is -0.760. The summed E-state index contributed by atoms with van der Waals surface area (Å²) in [4.78, 5) is 0. The van der Waals surface area contributed by atoms with E-state index in [2.05, 4.69) is 12.2 Å². The van der Waals surface area contributed by atoms with Gasteiger partial charge in [0, 0.05) is 13.0 Å². The summed E-state index contributed by atoms with van der Waals surface area (Å²) in [5, 5.41) is 3.31. The molecule has 2 heteroatoms. The van der Waals surface area contributed by atoms with E-state index in [1.165, 1.54) is 6.42 Å². The topological polar surface area (TPSA) is 25.2 Å². The normalized spacial score (nSPS) is 10.3. The molecule has 0 amide bonds. The standard InChI is InChI=1S/C9H15NO/c1-2-6-10-7-5-9-4-3-8-11-9/h3-4,8,10H,2,5-7H2,1H3. The number of hydrogen-bond donors (Lipinski definition) is 1. The van der Waals surface area contributed by atoms with Gasteiger partial charge >= 0.3 is 0 Å². The Kier molecular flexibility index (Phi) is 3.76. The van der Waals surface area contributed by atoms with Gasteiger partial charge in [-0.2, -0.15) is 0 Å². The highest BCUT2D eigenvalue weighted by Crippen LogP contribution is 1.99. The van der Waals surface area contributed by atoms with E-state index >= 15 is 0 Å². The van der Waals surface area contributed by atoms with E-state index in [0.29, 0.717) is 0 Å². The quantitative estimate of drug-likeness (QED) is 0.653. The Morgan fingerprint density at radius 1 is 1.45 bits per heavy atom. The zero-order chi connectivity index (χ0) is 7.94. The Bertz CT molecular complexity index is 170. The van der Waals surface area contributed by atoms with Crippen LogP contribution in [0.5, 0.6) is 0 Å². The zero-order valence-electron chi connectivity index (χ0n) is 6.97. The second-order valence-electron chi connectivity index (χ2n) is 2.58. The fourth-order valence-electron chi connectivity index (χ4n) is 0.968. The van der Waals surface area contributed by atoms with Crippen molar-refractivity contribution in [2.75, 3.05) is 13.1 Å². The first kappa shape index (κ1) is 8.34. The molecule has 1 rings (SSSR count). The van der Waals surface area contributed by atoms with Crippen molar-refractivity contribution in [2.45, 2.75) is 19.8 Å².